The molecule has 0 aliphatic rings. The van der Waals surface area contributed by atoms with Gasteiger partial charge in [0.1, 0.15) is 18.1 Å². The number of benzene rings is 1. The predicted octanol–water partition coefficient (Wildman–Crippen LogP) is 0.00940. The van der Waals surface area contributed by atoms with Gasteiger partial charge >= 0.3 is 5.97 Å². The lowest BCUT2D eigenvalue weighted by Gasteiger charge is -2.26. The number of amides is 3. The van der Waals surface area contributed by atoms with Gasteiger partial charge in [-0.3, -0.25) is 14.4 Å². The third-order valence-corrected chi connectivity index (χ3v) is 6.03. The highest BCUT2D eigenvalue weighted by Gasteiger charge is 2.31. The summed E-state index contributed by atoms with van der Waals surface area (Å²) >= 11 is 0. The molecule has 1 aromatic carbocycles. The molecule has 1 aromatic rings. The van der Waals surface area contributed by atoms with Gasteiger partial charge in [0.25, 0.3) is 0 Å². The molecular weight excluding hydrogens is 476 g/mol. The van der Waals surface area contributed by atoms with E-state index in [9.17, 15) is 24.3 Å². The van der Waals surface area contributed by atoms with Crippen LogP contribution < -0.4 is 33.2 Å². The summed E-state index contributed by atoms with van der Waals surface area (Å²) in [5.74, 6) is -3.14. The zero-order valence-electron chi connectivity index (χ0n) is 21.9. The SMILES string of the molecule is CC(C)C(NC(=O)C(CCCCN)NC(=O)C(Cc1ccccc1)NC(=O)C(N)CCCCN)C(=O)O. The minimum Gasteiger partial charge on any atom is -0.480 e. The van der Waals surface area contributed by atoms with Crippen molar-refractivity contribution in [2.75, 3.05) is 13.1 Å². The van der Waals surface area contributed by atoms with E-state index in [1.165, 1.54) is 0 Å². The standard InChI is InChI=1S/C26H44N6O5/c1-17(2)22(26(36)37)32-24(34)20(13-7-9-15-28)30-25(35)21(16-18-10-4-3-5-11-18)31-23(33)19(29)12-6-8-14-27/h3-5,10-11,17,19-22H,6-9,12-16,27-29H2,1-2H3,(H,30,35)(H,31,33)(H,32,34)(H,36,37). The Bertz CT molecular complexity index is 851. The van der Waals surface area contributed by atoms with Crippen molar-refractivity contribution in [3.63, 3.8) is 0 Å². The van der Waals surface area contributed by atoms with E-state index in [4.69, 9.17) is 17.2 Å². The van der Waals surface area contributed by atoms with E-state index in [1.807, 2.05) is 30.3 Å². The molecule has 10 N–H and O–H groups in total. The zero-order valence-corrected chi connectivity index (χ0v) is 21.9. The van der Waals surface area contributed by atoms with Crippen molar-refractivity contribution in [1.82, 2.24) is 16.0 Å². The van der Waals surface area contributed by atoms with Crippen LogP contribution in [0.5, 0.6) is 0 Å². The molecule has 4 unspecified atom stereocenters. The van der Waals surface area contributed by atoms with Crippen molar-refractivity contribution in [2.45, 2.75) is 83.0 Å². The van der Waals surface area contributed by atoms with Crippen molar-refractivity contribution < 1.29 is 24.3 Å². The first kappa shape index (κ1) is 32.0. The van der Waals surface area contributed by atoms with Crippen LogP contribution in [0.3, 0.4) is 0 Å². The van der Waals surface area contributed by atoms with E-state index in [0.29, 0.717) is 38.8 Å². The molecule has 0 bridgehead atoms. The lowest BCUT2D eigenvalue weighted by atomic mass is 10.0. The van der Waals surface area contributed by atoms with Crippen LogP contribution in [0.2, 0.25) is 0 Å². The monoisotopic (exact) mass is 520 g/mol. The number of aliphatic carboxylic acids is 1. The van der Waals surface area contributed by atoms with E-state index in [2.05, 4.69) is 16.0 Å². The molecule has 0 aliphatic heterocycles. The summed E-state index contributed by atoms with van der Waals surface area (Å²) in [5, 5.41) is 17.4. The Kier molecular flexibility index (Phi) is 15.1. The fourth-order valence-electron chi connectivity index (χ4n) is 3.78. The van der Waals surface area contributed by atoms with E-state index < -0.39 is 47.9 Å². The fraction of sp³-hybridized carbons (Fsp3) is 0.615. The first-order valence-electron chi connectivity index (χ1n) is 12.9. The van der Waals surface area contributed by atoms with E-state index in [0.717, 1.165) is 12.0 Å². The Labute approximate surface area is 219 Å². The van der Waals surface area contributed by atoms with Gasteiger partial charge in [0.15, 0.2) is 0 Å². The molecule has 4 atom stereocenters. The molecule has 3 amide bonds. The van der Waals surface area contributed by atoms with Gasteiger partial charge in [-0.25, -0.2) is 4.79 Å². The maximum absolute atomic E-state index is 13.4. The second kappa shape index (κ2) is 17.4. The van der Waals surface area contributed by atoms with Crippen molar-refractivity contribution >= 4 is 23.7 Å². The maximum atomic E-state index is 13.4. The Morgan fingerprint density at radius 2 is 1.32 bits per heavy atom. The van der Waals surface area contributed by atoms with Crippen LogP contribution >= 0.6 is 0 Å². The first-order valence-corrected chi connectivity index (χ1v) is 12.9. The predicted molar refractivity (Wildman–Crippen MR) is 142 cm³/mol. The van der Waals surface area contributed by atoms with Gasteiger partial charge in [-0.2, -0.15) is 0 Å². The number of nitrogens with two attached hydrogens (primary N) is 3. The van der Waals surface area contributed by atoms with Gasteiger partial charge in [-0.15, -0.1) is 0 Å². The van der Waals surface area contributed by atoms with Gasteiger partial charge in [0, 0.05) is 6.42 Å². The number of carboxylic acid groups (broad SMARTS) is 1. The number of hydrogen-bond donors (Lipinski definition) is 7. The molecule has 0 saturated carbocycles. The highest BCUT2D eigenvalue weighted by molar-refractivity contribution is 5.94. The summed E-state index contributed by atoms with van der Waals surface area (Å²) in [6, 6.07) is 5.27. The molecule has 0 saturated heterocycles. The van der Waals surface area contributed by atoms with Gasteiger partial charge in [0.2, 0.25) is 17.7 Å². The van der Waals surface area contributed by atoms with Gasteiger partial charge in [0.05, 0.1) is 6.04 Å². The summed E-state index contributed by atoms with van der Waals surface area (Å²) in [4.78, 5) is 50.7. The molecule has 1 rings (SSSR count). The van der Waals surface area contributed by atoms with Crippen LogP contribution in [0, 0.1) is 5.92 Å². The van der Waals surface area contributed by atoms with Crippen molar-refractivity contribution in [3.05, 3.63) is 35.9 Å². The molecule has 0 radical (unpaired) electrons. The largest absolute Gasteiger partial charge is 0.480 e. The van der Waals surface area contributed by atoms with Crippen molar-refractivity contribution in [3.8, 4) is 0 Å². The van der Waals surface area contributed by atoms with Gasteiger partial charge in [-0.05, 0) is 56.7 Å². The van der Waals surface area contributed by atoms with Gasteiger partial charge < -0.3 is 38.3 Å². The number of hydrogen-bond acceptors (Lipinski definition) is 7. The Hall–Kier alpha value is -3.02. The van der Waals surface area contributed by atoms with Crippen LogP contribution in [0.25, 0.3) is 0 Å². The molecule has 0 heterocycles. The summed E-state index contributed by atoms with van der Waals surface area (Å²) in [6.45, 7) is 4.29. The van der Waals surface area contributed by atoms with E-state index in [-0.39, 0.29) is 18.8 Å². The average Bonchev–Trinajstić information content (AvgIpc) is 2.86. The van der Waals surface area contributed by atoms with Gasteiger partial charge in [-0.1, -0.05) is 50.6 Å². The Morgan fingerprint density at radius 1 is 0.784 bits per heavy atom. The van der Waals surface area contributed by atoms with E-state index >= 15 is 0 Å². The lowest BCUT2D eigenvalue weighted by molar-refractivity contribution is -0.143. The Balaban J connectivity index is 3.06. The minimum absolute atomic E-state index is 0.189. The number of unbranched alkanes of at least 4 members (excludes halogenated alkanes) is 2. The highest BCUT2D eigenvalue weighted by Crippen LogP contribution is 2.09. The number of carboxylic acids is 1. The van der Waals surface area contributed by atoms with Crippen molar-refractivity contribution in [2.24, 2.45) is 23.1 Å². The smallest absolute Gasteiger partial charge is 0.326 e. The second-order valence-corrected chi connectivity index (χ2v) is 9.56. The number of carbonyl (C=O) groups excluding carboxylic acids is 3. The van der Waals surface area contributed by atoms with Crippen LogP contribution in [0.4, 0.5) is 0 Å². The maximum Gasteiger partial charge on any atom is 0.326 e. The fourth-order valence-corrected chi connectivity index (χ4v) is 3.78. The number of nitrogens with one attached hydrogen (secondary N) is 3. The van der Waals surface area contributed by atoms with Crippen LogP contribution in [0.15, 0.2) is 30.3 Å². The second-order valence-electron chi connectivity index (χ2n) is 9.56. The summed E-state index contributed by atoms with van der Waals surface area (Å²) in [7, 11) is 0. The molecule has 11 nitrogen and oxygen atoms in total. The Morgan fingerprint density at radius 3 is 1.86 bits per heavy atom. The topological polar surface area (TPSA) is 203 Å². The number of rotatable bonds is 18. The molecule has 11 heteroatoms. The van der Waals surface area contributed by atoms with E-state index in [1.54, 1.807) is 13.8 Å². The zero-order chi connectivity index (χ0) is 27.8. The van der Waals surface area contributed by atoms with Crippen LogP contribution in [-0.2, 0) is 25.6 Å². The third-order valence-electron chi connectivity index (χ3n) is 6.03. The normalized spacial score (nSPS) is 14.3. The lowest BCUT2D eigenvalue weighted by Crippen LogP contribution is -2.58. The molecular formula is C26H44N6O5. The highest BCUT2D eigenvalue weighted by atomic mass is 16.4. The van der Waals surface area contributed by atoms with Crippen LogP contribution in [0.1, 0.15) is 57.9 Å². The summed E-state index contributed by atoms with van der Waals surface area (Å²) in [5.41, 5.74) is 17.9. The third kappa shape index (κ3) is 12.2. The molecule has 37 heavy (non-hydrogen) atoms. The summed E-state index contributed by atoms with van der Waals surface area (Å²) < 4.78 is 0. The molecule has 0 aromatic heterocycles. The minimum atomic E-state index is -1.16. The first-order chi connectivity index (χ1) is 17.6. The molecule has 0 spiro atoms. The number of carbonyl (C=O) groups is 4. The average molecular weight is 521 g/mol. The summed E-state index contributed by atoms with van der Waals surface area (Å²) in [6.07, 6.45) is 3.49. The molecule has 0 aliphatic carbocycles. The van der Waals surface area contributed by atoms with Crippen LogP contribution in [-0.4, -0.2) is 66.1 Å². The molecule has 0 fully saturated rings. The van der Waals surface area contributed by atoms with Crippen molar-refractivity contribution in [1.29, 1.82) is 0 Å². The molecule has 208 valence electrons. The quantitative estimate of drug-likeness (QED) is 0.131.